The lowest BCUT2D eigenvalue weighted by Crippen LogP contribution is -2.39. The van der Waals surface area contributed by atoms with Crippen molar-refractivity contribution in [2.45, 2.75) is 58.4 Å². The fraction of sp³-hybridized carbons (Fsp3) is 0.647. The van der Waals surface area contributed by atoms with Crippen LogP contribution in [0.2, 0.25) is 5.15 Å². The molecule has 0 saturated heterocycles. The molecule has 2 rings (SSSR count). The zero-order valence-electron chi connectivity index (χ0n) is 13.2. The van der Waals surface area contributed by atoms with Crippen molar-refractivity contribution in [2.24, 2.45) is 5.92 Å². The summed E-state index contributed by atoms with van der Waals surface area (Å²) in [5.41, 5.74) is 1.57. The molecular weight excluding hydrogens is 284 g/mol. The van der Waals surface area contributed by atoms with Gasteiger partial charge in [0, 0.05) is 24.3 Å². The zero-order chi connectivity index (χ0) is 15.4. The highest BCUT2D eigenvalue weighted by Gasteiger charge is 2.25. The molecule has 116 valence electrons. The van der Waals surface area contributed by atoms with Gasteiger partial charge in [0.2, 0.25) is 0 Å². The van der Waals surface area contributed by atoms with E-state index in [0.29, 0.717) is 16.8 Å². The lowest BCUT2D eigenvalue weighted by Gasteiger charge is -2.33. The lowest BCUT2D eigenvalue weighted by atomic mass is 9.86. The molecule has 3 nitrogen and oxygen atoms in total. The largest absolute Gasteiger partial charge is 0.339 e. The van der Waals surface area contributed by atoms with Crippen molar-refractivity contribution in [3.8, 4) is 0 Å². The maximum absolute atomic E-state index is 12.7. The van der Waals surface area contributed by atoms with E-state index in [1.165, 1.54) is 12.8 Å². The summed E-state index contributed by atoms with van der Waals surface area (Å²) in [5, 5.41) is 0.412. The van der Waals surface area contributed by atoms with Gasteiger partial charge in [0.25, 0.3) is 5.91 Å². The van der Waals surface area contributed by atoms with E-state index in [-0.39, 0.29) is 5.91 Å². The molecule has 0 spiro atoms. The van der Waals surface area contributed by atoms with Crippen molar-refractivity contribution in [3.63, 3.8) is 0 Å². The molecule has 1 aromatic rings. The van der Waals surface area contributed by atoms with Crippen molar-refractivity contribution in [1.82, 2.24) is 9.88 Å². The quantitative estimate of drug-likeness (QED) is 0.775. The van der Waals surface area contributed by atoms with Gasteiger partial charge in [-0.3, -0.25) is 4.79 Å². The Morgan fingerprint density at radius 2 is 2.00 bits per heavy atom. The first-order valence-electron chi connectivity index (χ1n) is 7.95. The molecule has 0 unspecified atom stereocenters. The molecule has 1 aliphatic rings. The van der Waals surface area contributed by atoms with Crippen LogP contribution in [0.4, 0.5) is 0 Å². The fourth-order valence-corrected chi connectivity index (χ4v) is 3.28. The van der Waals surface area contributed by atoms with Crippen molar-refractivity contribution in [2.75, 3.05) is 7.05 Å². The number of hydrogen-bond donors (Lipinski definition) is 0. The monoisotopic (exact) mass is 308 g/mol. The first kappa shape index (κ1) is 16.3. The number of pyridine rings is 1. The SMILES string of the molecule is CCCc1cc(C(=O)N(C)C2CCC(C)CC2)cc(Cl)n1. The average molecular weight is 309 g/mol. The number of amides is 1. The van der Waals surface area contributed by atoms with Gasteiger partial charge in [-0.2, -0.15) is 0 Å². The van der Waals surface area contributed by atoms with Crippen LogP contribution in [0.3, 0.4) is 0 Å². The fourth-order valence-electron chi connectivity index (χ4n) is 3.06. The molecule has 21 heavy (non-hydrogen) atoms. The molecule has 0 radical (unpaired) electrons. The van der Waals surface area contributed by atoms with Crippen molar-refractivity contribution < 1.29 is 4.79 Å². The van der Waals surface area contributed by atoms with Gasteiger partial charge < -0.3 is 4.90 Å². The van der Waals surface area contributed by atoms with Crippen molar-refractivity contribution in [3.05, 3.63) is 28.5 Å². The molecule has 0 bridgehead atoms. The van der Waals surface area contributed by atoms with Crippen LogP contribution in [0.5, 0.6) is 0 Å². The summed E-state index contributed by atoms with van der Waals surface area (Å²) in [6.07, 6.45) is 6.47. The summed E-state index contributed by atoms with van der Waals surface area (Å²) in [5.74, 6) is 0.854. The molecule has 1 saturated carbocycles. The van der Waals surface area contributed by atoms with Gasteiger partial charge in [-0.15, -0.1) is 0 Å². The first-order valence-corrected chi connectivity index (χ1v) is 8.32. The third kappa shape index (κ3) is 4.19. The normalized spacial score (nSPS) is 22.1. The minimum absolute atomic E-state index is 0.0659. The number of hydrogen-bond acceptors (Lipinski definition) is 2. The Hall–Kier alpha value is -1.09. The van der Waals surface area contributed by atoms with Gasteiger partial charge in [-0.25, -0.2) is 4.98 Å². The van der Waals surface area contributed by atoms with E-state index >= 15 is 0 Å². The topological polar surface area (TPSA) is 33.2 Å². The van der Waals surface area contributed by atoms with E-state index in [1.807, 2.05) is 18.0 Å². The smallest absolute Gasteiger partial charge is 0.254 e. The van der Waals surface area contributed by atoms with Crippen molar-refractivity contribution >= 4 is 17.5 Å². The summed E-state index contributed by atoms with van der Waals surface area (Å²) < 4.78 is 0. The Bertz CT molecular complexity index is 496. The number of aromatic nitrogens is 1. The minimum Gasteiger partial charge on any atom is -0.339 e. The number of carbonyl (C=O) groups is 1. The summed E-state index contributed by atoms with van der Waals surface area (Å²) >= 11 is 6.06. The summed E-state index contributed by atoms with van der Waals surface area (Å²) in [6.45, 7) is 4.39. The number of halogens is 1. The average Bonchev–Trinajstić information content (AvgIpc) is 2.46. The van der Waals surface area contributed by atoms with Gasteiger partial charge in [-0.05, 0) is 50.2 Å². The molecule has 1 heterocycles. The van der Waals surface area contributed by atoms with Crippen LogP contribution >= 0.6 is 11.6 Å². The highest BCUT2D eigenvalue weighted by molar-refractivity contribution is 6.29. The second-order valence-corrected chi connectivity index (χ2v) is 6.64. The highest BCUT2D eigenvalue weighted by atomic mass is 35.5. The third-order valence-electron chi connectivity index (χ3n) is 4.45. The zero-order valence-corrected chi connectivity index (χ0v) is 14.0. The van der Waals surface area contributed by atoms with Crippen LogP contribution in [0.1, 0.15) is 62.0 Å². The van der Waals surface area contributed by atoms with Crippen LogP contribution in [0.25, 0.3) is 0 Å². The Kier molecular flexibility index (Phi) is 5.63. The van der Waals surface area contributed by atoms with E-state index in [9.17, 15) is 4.79 Å². The van der Waals surface area contributed by atoms with E-state index in [1.54, 1.807) is 6.07 Å². The second-order valence-electron chi connectivity index (χ2n) is 6.25. The molecule has 1 fully saturated rings. The predicted molar refractivity (Wildman–Crippen MR) is 86.8 cm³/mol. The molecular formula is C17H25ClN2O. The highest BCUT2D eigenvalue weighted by Crippen LogP contribution is 2.27. The van der Waals surface area contributed by atoms with Crippen LogP contribution in [0.15, 0.2) is 12.1 Å². The molecule has 0 N–H and O–H groups in total. The predicted octanol–water partition coefficient (Wildman–Crippen LogP) is 4.34. The van der Waals surface area contributed by atoms with Crippen LogP contribution in [0, 0.1) is 5.92 Å². The van der Waals surface area contributed by atoms with Crippen LogP contribution in [-0.4, -0.2) is 28.9 Å². The molecule has 1 aliphatic carbocycles. The molecule has 1 amide bonds. The maximum atomic E-state index is 12.7. The third-order valence-corrected chi connectivity index (χ3v) is 4.65. The van der Waals surface area contributed by atoms with E-state index in [0.717, 1.165) is 37.3 Å². The van der Waals surface area contributed by atoms with Crippen LogP contribution < -0.4 is 0 Å². The molecule has 1 aromatic heterocycles. The Morgan fingerprint density at radius 3 is 2.62 bits per heavy atom. The minimum atomic E-state index is 0.0659. The lowest BCUT2D eigenvalue weighted by molar-refractivity contribution is 0.0679. The first-order chi connectivity index (χ1) is 10.0. The molecule has 4 heteroatoms. The van der Waals surface area contributed by atoms with Crippen LogP contribution in [-0.2, 0) is 6.42 Å². The summed E-state index contributed by atoms with van der Waals surface area (Å²) in [4.78, 5) is 18.9. The maximum Gasteiger partial charge on any atom is 0.254 e. The molecule has 0 aliphatic heterocycles. The van der Waals surface area contributed by atoms with E-state index in [2.05, 4.69) is 18.8 Å². The van der Waals surface area contributed by atoms with E-state index < -0.39 is 0 Å². The summed E-state index contributed by atoms with van der Waals surface area (Å²) in [6, 6.07) is 3.93. The van der Waals surface area contributed by atoms with Gasteiger partial charge in [0.05, 0.1) is 0 Å². The number of rotatable bonds is 4. The van der Waals surface area contributed by atoms with Gasteiger partial charge >= 0.3 is 0 Å². The summed E-state index contributed by atoms with van der Waals surface area (Å²) in [7, 11) is 1.91. The number of aryl methyl sites for hydroxylation is 1. The van der Waals surface area contributed by atoms with Gasteiger partial charge in [-0.1, -0.05) is 31.9 Å². The number of nitrogens with zero attached hydrogens (tertiary/aromatic N) is 2. The molecule has 0 atom stereocenters. The van der Waals surface area contributed by atoms with Crippen molar-refractivity contribution in [1.29, 1.82) is 0 Å². The van der Waals surface area contributed by atoms with Gasteiger partial charge in [0.15, 0.2) is 0 Å². The standard InChI is InChI=1S/C17H25ClN2O/c1-4-5-14-10-13(11-16(18)19-14)17(21)20(3)15-8-6-12(2)7-9-15/h10-12,15H,4-9H2,1-3H3. The van der Waals surface area contributed by atoms with E-state index in [4.69, 9.17) is 11.6 Å². The Balaban J connectivity index is 2.11. The van der Waals surface area contributed by atoms with Gasteiger partial charge in [0.1, 0.15) is 5.15 Å². The Labute approximate surface area is 132 Å². The number of carbonyl (C=O) groups excluding carboxylic acids is 1. The second kappa shape index (κ2) is 7.26. The molecule has 0 aromatic carbocycles. The Morgan fingerprint density at radius 1 is 1.33 bits per heavy atom.